The molecule has 1 aromatic carbocycles. The number of imidazole rings is 1. The van der Waals surface area contributed by atoms with Gasteiger partial charge in [-0.25, -0.2) is 13.2 Å². The lowest BCUT2D eigenvalue weighted by Crippen LogP contribution is -2.50. The lowest BCUT2D eigenvalue weighted by atomic mass is 10.2. The van der Waals surface area contributed by atoms with Gasteiger partial charge in [0.2, 0.25) is 10.0 Å². The van der Waals surface area contributed by atoms with Crippen LogP contribution < -0.4 is 5.69 Å². The minimum atomic E-state index is -3.64. The van der Waals surface area contributed by atoms with E-state index in [-0.39, 0.29) is 22.8 Å². The molecular formula is C18H28N4O5S. The Labute approximate surface area is 164 Å². The number of nitrogens with zero attached hydrogens (tertiary/aromatic N) is 2. The van der Waals surface area contributed by atoms with Gasteiger partial charge in [0.25, 0.3) is 0 Å². The third-order valence-electron chi connectivity index (χ3n) is 4.63. The minimum Gasteiger partial charge on any atom is -0.389 e. The highest BCUT2D eigenvalue weighted by atomic mass is 32.2. The van der Waals surface area contributed by atoms with Crippen LogP contribution >= 0.6 is 0 Å². The van der Waals surface area contributed by atoms with Gasteiger partial charge in [-0.1, -0.05) is 0 Å². The topological polar surface area (TPSA) is 119 Å². The second-order valence-corrected chi connectivity index (χ2v) is 10.0. The van der Waals surface area contributed by atoms with Crippen molar-refractivity contribution in [1.29, 1.82) is 0 Å². The van der Waals surface area contributed by atoms with E-state index in [9.17, 15) is 18.3 Å². The first-order valence-corrected chi connectivity index (χ1v) is 10.8. The van der Waals surface area contributed by atoms with Crippen LogP contribution in [0.3, 0.4) is 0 Å². The first-order chi connectivity index (χ1) is 13.0. The van der Waals surface area contributed by atoms with E-state index in [2.05, 4.69) is 9.97 Å². The average Bonchev–Trinajstić information content (AvgIpc) is 2.99. The maximum absolute atomic E-state index is 12.9. The van der Waals surface area contributed by atoms with Crippen molar-refractivity contribution in [1.82, 2.24) is 19.2 Å². The third-order valence-corrected chi connectivity index (χ3v) is 6.53. The van der Waals surface area contributed by atoms with Gasteiger partial charge in [-0.2, -0.15) is 4.31 Å². The first kappa shape index (κ1) is 21.0. The van der Waals surface area contributed by atoms with Gasteiger partial charge in [-0.3, -0.25) is 4.90 Å². The minimum absolute atomic E-state index is 0.155. The van der Waals surface area contributed by atoms with Crippen LogP contribution in [-0.2, 0) is 14.8 Å². The summed E-state index contributed by atoms with van der Waals surface area (Å²) >= 11 is 0. The van der Waals surface area contributed by atoms with Crippen molar-refractivity contribution in [2.75, 3.05) is 39.3 Å². The number of nitrogens with one attached hydrogen (secondary N) is 2. The van der Waals surface area contributed by atoms with Crippen molar-refractivity contribution >= 4 is 21.1 Å². The first-order valence-electron chi connectivity index (χ1n) is 9.31. The van der Waals surface area contributed by atoms with Crippen LogP contribution in [0.4, 0.5) is 0 Å². The van der Waals surface area contributed by atoms with Crippen LogP contribution in [0.1, 0.15) is 20.8 Å². The molecule has 10 heteroatoms. The number of benzene rings is 1. The normalized spacial score (nSPS) is 18.6. The molecule has 1 aliphatic heterocycles. The Balaban J connectivity index is 1.59. The van der Waals surface area contributed by atoms with Crippen molar-refractivity contribution < 1.29 is 18.3 Å². The van der Waals surface area contributed by atoms with Crippen LogP contribution in [0.15, 0.2) is 27.9 Å². The van der Waals surface area contributed by atoms with Gasteiger partial charge in [-0.05, 0) is 39.0 Å². The zero-order valence-electron chi connectivity index (χ0n) is 16.4. The molecule has 1 aliphatic rings. The van der Waals surface area contributed by atoms with Crippen LogP contribution in [0.5, 0.6) is 0 Å². The summed E-state index contributed by atoms with van der Waals surface area (Å²) in [5.41, 5.74) is 0.359. The van der Waals surface area contributed by atoms with Crippen LogP contribution in [0.2, 0.25) is 0 Å². The largest absolute Gasteiger partial charge is 0.389 e. The molecule has 3 N–H and O–H groups in total. The van der Waals surface area contributed by atoms with E-state index >= 15 is 0 Å². The summed E-state index contributed by atoms with van der Waals surface area (Å²) in [5, 5.41) is 10.1. The van der Waals surface area contributed by atoms with Gasteiger partial charge in [0, 0.05) is 32.7 Å². The van der Waals surface area contributed by atoms with Gasteiger partial charge < -0.3 is 19.8 Å². The molecule has 1 atom stereocenters. The fourth-order valence-corrected chi connectivity index (χ4v) is 4.62. The Bertz CT molecular complexity index is 968. The number of aromatic nitrogens is 2. The Morgan fingerprint density at radius 3 is 2.43 bits per heavy atom. The smallest absolute Gasteiger partial charge is 0.323 e. The van der Waals surface area contributed by atoms with Crippen molar-refractivity contribution in [3.63, 3.8) is 0 Å². The average molecular weight is 413 g/mol. The molecule has 0 unspecified atom stereocenters. The van der Waals surface area contributed by atoms with Gasteiger partial charge in [0.05, 0.1) is 34.2 Å². The zero-order chi connectivity index (χ0) is 20.5. The number of aliphatic hydroxyl groups excluding tert-OH is 1. The molecule has 2 aromatic rings. The molecule has 0 radical (unpaired) electrons. The van der Waals surface area contributed by atoms with Crippen LogP contribution in [0, 0.1) is 0 Å². The van der Waals surface area contributed by atoms with Crippen molar-refractivity contribution in [3.8, 4) is 0 Å². The summed E-state index contributed by atoms with van der Waals surface area (Å²) in [6.07, 6.45) is -0.616. The summed E-state index contributed by atoms with van der Waals surface area (Å²) in [5.74, 6) is 0. The molecule has 0 amide bonds. The summed E-state index contributed by atoms with van der Waals surface area (Å²) in [4.78, 5) is 18.7. The number of aliphatic hydroxyl groups is 1. The quantitative estimate of drug-likeness (QED) is 0.630. The summed E-state index contributed by atoms with van der Waals surface area (Å²) < 4.78 is 32.9. The molecule has 1 saturated heterocycles. The molecular weight excluding hydrogens is 384 g/mol. The van der Waals surface area contributed by atoms with Crippen molar-refractivity contribution in [2.45, 2.75) is 37.4 Å². The summed E-state index contributed by atoms with van der Waals surface area (Å²) in [6, 6.07) is 4.56. The van der Waals surface area contributed by atoms with E-state index in [4.69, 9.17) is 4.74 Å². The predicted molar refractivity (Wildman–Crippen MR) is 106 cm³/mol. The molecule has 0 spiro atoms. The lowest BCUT2D eigenvalue weighted by Gasteiger charge is -2.35. The van der Waals surface area contributed by atoms with E-state index in [1.54, 1.807) is 6.07 Å². The third kappa shape index (κ3) is 5.00. The highest BCUT2D eigenvalue weighted by Crippen LogP contribution is 2.20. The highest BCUT2D eigenvalue weighted by Gasteiger charge is 2.29. The molecule has 9 nitrogen and oxygen atoms in total. The maximum Gasteiger partial charge on any atom is 0.323 e. The van der Waals surface area contributed by atoms with E-state index in [0.717, 1.165) is 0 Å². The standard InChI is InChI=1S/C18H28N4O5S/c1-18(2,3)27-12-13(23)11-21-6-8-22(9-7-21)28(25,26)14-4-5-15-16(10-14)20-17(24)19-15/h4-5,10,13,23H,6-9,11-12H2,1-3H3,(H2,19,20,24)/t13-/m1/s1. The number of ether oxygens (including phenoxy) is 1. The Morgan fingerprint density at radius 2 is 1.79 bits per heavy atom. The number of piperazine rings is 1. The monoisotopic (exact) mass is 412 g/mol. The zero-order valence-corrected chi connectivity index (χ0v) is 17.3. The molecule has 2 heterocycles. The van der Waals surface area contributed by atoms with E-state index in [1.807, 2.05) is 25.7 Å². The number of β-amino-alcohol motifs (C(OH)–C–C–N with tert-alkyl or cyclic N) is 1. The molecule has 0 bridgehead atoms. The van der Waals surface area contributed by atoms with Crippen LogP contribution in [0.25, 0.3) is 11.0 Å². The molecule has 1 fully saturated rings. The van der Waals surface area contributed by atoms with E-state index in [1.165, 1.54) is 16.4 Å². The second kappa shape index (κ2) is 7.96. The predicted octanol–water partition coefficient (Wildman–Crippen LogP) is 0.339. The SMILES string of the molecule is CC(C)(C)OC[C@H](O)CN1CCN(S(=O)(=O)c2ccc3[nH]c(=O)[nH]c3c2)CC1. The number of sulfonamides is 1. The Morgan fingerprint density at radius 1 is 1.14 bits per heavy atom. The number of aromatic amines is 2. The fraction of sp³-hybridized carbons (Fsp3) is 0.611. The number of fused-ring (bicyclic) bond motifs is 1. The summed E-state index contributed by atoms with van der Waals surface area (Å²) in [7, 11) is -3.64. The Kier molecular flexibility index (Phi) is 5.97. The Hall–Kier alpha value is -1.72. The van der Waals surface area contributed by atoms with Gasteiger partial charge in [-0.15, -0.1) is 0 Å². The summed E-state index contributed by atoms with van der Waals surface area (Å²) in [6.45, 7) is 8.26. The molecule has 3 rings (SSSR count). The number of hydrogen-bond donors (Lipinski definition) is 3. The second-order valence-electron chi connectivity index (χ2n) is 8.07. The number of hydrogen-bond acceptors (Lipinski definition) is 6. The van der Waals surface area contributed by atoms with E-state index < -0.39 is 16.1 Å². The highest BCUT2D eigenvalue weighted by molar-refractivity contribution is 7.89. The van der Waals surface area contributed by atoms with Gasteiger partial charge in [0.15, 0.2) is 0 Å². The van der Waals surface area contributed by atoms with Crippen LogP contribution in [-0.4, -0.2) is 83.7 Å². The molecule has 0 aliphatic carbocycles. The molecule has 156 valence electrons. The van der Waals surface area contributed by atoms with Crippen molar-refractivity contribution in [2.24, 2.45) is 0 Å². The molecule has 0 saturated carbocycles. The number of H-pyrrole nitrogens is 2. The number of rotatable bonds is 6. The molecule has 1 aromatic heterocycles. The fourth-order valence-electron chi connectivity index (χ4n) is 3.17. The van der Waals surface area contributed by atoms with Gasteiger partial charge in [0.1, 0.15) is 0 Å². The lowest BCUT2D eigenvalue weighted by molar-refractivity contribution is -0.0575. The van der Waals surface area contributed by atoms with Crippen molar-refractivity contribution in [3.05, 3.63) is 28.7 Å². The van der Waals surface area contributed by atoms with E-state index in [0.29, 0.717) is 43.8 Å². The van der Waals surface area contributed by atoms with Gasteiger partial charge >= 0.3 is 5.69 Å². The maximum atomic E-state index is 12.9. The molecule has 28 heavy (non-hydrogen) atoms.